The lowest BCUT2D eigenvalue weighted by atomic mass is 10.1. The summed E-state index contributed by atoms with van der Waals surface area (Å²) < 4.78 is 5.52. The second-order valence-corrected chi connectivity index (χ2v) is 9.46. The Labute approximate surface area is 205 Å². The second kappa shape index (κ2) is 10.4. The molecule has 1 aliphatic carbocycles. The molecule has 0 radical (unpaired) electrons. The van der Waals surface area contributed by atoms with Crippen molar-refractivity contribution in [3.8, 4) is 11.4 Å². The first kappa shape index (κ1) is 23.2. The van der Waals surface area contributed by atoms with Crippen LogP contribution in [0.3, 0.4) is 0 Å². The molecule has 2 amide bonds. The van der Waals surface area contributed by atoms with Crippen LogP contribution < -0.4 is 5.32 Å². The Bertz CT molecular complexity index is 1160. The second-order valence-electron chi connectivity index (χ2n) is 9.46. The molecule has 1 aliphatic heterocycles. The number of benzene rings is 2. The Hall–Kier alpha value is -3.52. The van der Waals surface area contributed by atoms with E-state index in [4.69, 9.17) is 4.52 Å². The third-order valence-corrected chi connectivity index (χ3v) is 6.88. The van der Waals surface area contributed by atoms with Gasteiger partial charge in [-0.2, -0.15) is 4.98 Å². The Balaban J connectivity index is 1.12. The SMILES string of the molecule is CC(=O)Nc1ccc(C(=O)N2CCN(Cc3ccc(-c4noc(C5CCCC5)n4)cc3)CC2)cc1. The predicted octanol–water partition coefficient (Wildman–Crippen LogP) is 4.31. The Kier molecular flexibility index (Phi) is 6.90. The van der Waals surface area contributed by atoms with E-state index < -0.39 is 0 Å². The number of anilines is 1. The largest absolute Gasteiger partial charge is 0.339 e. The van der Waals surface area contributed by atoms with Crippen molar-refractivity contribution in [3.63, 3.8) is 0 Å². The number of carbonyl (C=O) groups is 2. The van der Waals surface area contributed by atoms with Crippen molar-refractivity contribution in [2.75, 3.05) is 31.5 Å². The summed E-state index contributed by atoms with van der Waals surface area (Å²) in [5.41, 5.74) is 3.53. The normalized spacial score (nSPS) is 17.0. The number of nitrogens with zero attached hydrogens (tertiary/aromatic N) is 4. The van der Waals surface area contributed by atoms with Gasteiger partial charge in [0.1, 0.15) is 0 Å². The number of carbonyl (C=O) groups excluding carboxylic acids is 2. The van der Waals surface area contributed by atoms with Crippen molar-refractivity contribution in [2.45, 2.75) is 45.1 Å². The number of aromatic nitrogens is 2. The molecular formula is C27H31N5O3. The number of hydrogen-bond donors (Lipinski definition) is 1. The molecular weight excluding hydrogens is 442 g/mol. The molecule has 2 fully saturated rings. The molecule has 2 aromatic carbocycles. The van der Waals surface area contributed by atoms with Crippen molar-refractivity contribution in [3.05, 3.63) is 65.5 Å². The first-order chi connectivity index (χ1) is 17.0. The maximum Gasteiger partial charge on any atom is 0.253 e. The van der Waals surface area contributed by atoms with Crippen LogP contribution in [0.1, 0.15) is 60.3 Å². The lowest BCUT2D eigenvalue weighted by Gasteiger charge is -2.34. The van der Waals surface area contributed by atoms with Gasteiger partial charge < -0.3 is 14.7 Å². The molecule has 3 aromatic rings. The van der Waals surface area contributed by atoms with Gasteiger partial charge in [-0.15, -0.1) is 0 Å². The summed E-state index contributed by atoms with van der Waals surface area (Å²) >= 11 is 0. The van der Waals surface area contributed by atoms with Gasteiger partial charge in [0.2, 0.25) is 17.6 Å². The van der Waals surface area contributed by atoms with Crippen molar-refractivity contribution in [1.29, 1.82) is 0 Å². The molecule has 1 aromatic heterocycles. The van der Waals surface area contributed by atoms with Gasteiger partial charge in [0, 0.05) is 62.4 Å². The van der Waals surface area contributed by atoms with E-state index in [9.17, 15) is 9.59 Å². The quantitative estimate of drug-likeness (QED) is 0.574. The topological polar surface area (TPSA) is 91.6 Å². The van der Waals surface area contributed by atoms with Crippen LogP contribution in [0.5, 0.6) is 0 Å². The molecule has 1 N–H and O–H groups in total. The summed E-state index contributed by atoms with van der Waals surface area (Å²) in [7, 11) is 0. The van der Waals surface area contributed by atoms with Gasteiger partial charge in [-0.05, 0) is 42.7 Å². The first-order valence-electron chi connectivity index (χ1n) is 12.4. The smallest absolute Gasteiger partial charge is 0.253 e. The van der Waals surface area contributed by atoms with Crippen LogP contribution in [-0.4, -0.2) is 57.9 Å². The van der Waals surface area contributed by atoms with Gasteiger partial charge >= 0.3 is 0 Å². The van der Waals surface area contributed by atoms with Crippen molar-refractivity contribution >= 4 is 17.5 Å². The minimum absolute atomic E-state index is 0.0282. The van der Waals surface area contributed by atoms with E-state index in [2.05, 4.69) is 44.6 Å². The average molecular weight is 474 g/mol. The highest BCUT2D eigenvalue weighted by Crippen LogP contribution is 2.33. The van der Waals surface area contributed by atoms with Crippen LogP contribution in [-0.2, 0) is 11.3 Å². The molecule has 182 valence electrons. The van der Waals surface area contributed by atoms with Gasteiger partial charge in [-0.25, -0.2) is 0 Å². The van der Waals surface area contributed by atoms with E-state index >= 15 is 0 Å². The average Bonchev–Trinajstić information content (AvgIpc) is 3.57. The van der Waals surface area contributed by atoms with E-state index in [1.807, 2.05) is 4.90 Å². The summed E-state index contributed by atoms with van der Waals surface area (Å²) in [6.45, 7) is 5.34. The highest BCUT2D eigenvalue weighted by molar-refractivity contribution is 5.95. The molecule has 0 bridgehead atoms. The number of hydrogen-bond acceptors (Lipinski definition) is 6. The van der Waals surface area contributed by atoms with E-state index in [1.165, 1.54) is 25.3 Å². The van der Waals surface area contributed by atoms with Crippen molar-refractivity contribution in [2.24, 2.45) is 0 Å². The minimum Gasteiger partial charge on any atom is -0.339 e. The molecule has 8 nitrogen and oxygen atoms in total. The third-order valence-electron chi connectivity index (χ3n) is 6.88. The highest BCUT2D eigenvalue weighted by Gasteiger charge is 2.24. The number of nitrogens with one attached hydrogen (secondary N) is 1. The molecule has 2 aliphatic rings. The van der Waals surface area contributed by atoms with Gasteiger partial charge in [-0.1, -0.05) is 42.3 Å². The third kappa shape index (κ3) is 5.59. The number of amides is 2. The zero-order chi connectivity index (χ0) is 24.2. The molecule has 1 saturated heterocycles. The highest BCUT2D eigenvalue weighted by atomic mass is 16.5. The van der Waals surface area contributed by atoms with Crippen LogP contribution in [0, 0.1) is 0 Å². The lowest BCUT2D eigenvalue weighted by molar-refractivity contribution is -0.114. The fourth-order valence-corrected chi connectivity index (χ4v) is 4.90. The van der Waals surface area contributed by atoms with Gasteiger partial charge in [0.25, 0.3) is 5.91 Å². The minimum atomic E-state index is -0.127. The summed E-state index contributed by atoms with van der Waals surface area (Å²) in [5.74, 6) is 1.76. The monoisotopic (exact) mass is 473 g/mol. The fourth-order valence-electron chi connectivity index (χ4n) is 4.90. The standard InChI is InChI=1S/C27H31N5O3/c1-19(33)28-24-12-10-23(11-13-24)27(34)32-16-14-31(15-17-32)18-20-6-8-21(9-7-20)25-29-26(35-30-25)22-4-2-3-5-22/h6-13,22H,2-5,14-18H2,1H3,(H,28,33). The predicted molar refractivity (Wildman–Crippen MR) is 133 cm³/mol. The van der Waals surface area contributed by atoms with Crippen LogP contribution in [0.15, 0.2) is 53.1 Å². The molecule has 5 rings (SSSR count). The Morgan fingerprint density at radius 3 is 2.31 bits per heavy atom. The fraction of sp³-hybridized carbons (Fsp3) is 0.407. The molecule has 2 heterocycles. The van der Waals surface area contributed by atoms with E-state index in [0.717, 1.165) is 43.9 Å². The summed E-state index contributed by atoms with van der Waals surface area (Å²) in [4.78, 5) is 32.9. The Morgan fingerprint density at radius 2 is 1.66 bits per heavy atom. The first-order valence-corrected chi connectivity index (χ1v) is 12.4. The molecule has 0 atom stereocenters. The summed E-state index contributed by atoms with van der Waals surface area (Å²) in [6, 6.07) is 15.4. The van der Waals surface area contributed by atoms with Gasteiger partial charge in [0.05, 0.1) is 0 Å². The Morgan fingerprint density at radius 1 is 0.971 bits per heavy atom. The zero-order valence-corrected chi connectivity index (χ0v) is 20.1. The number of piperazine rings is 1. The molecule has 8 heteroatoms. The van der Waals surface area contributed by atoms with Crippen LogP contribution >= 0.6 is 0 Å². The van der Waals surface area contributed by atoms with Gasteiger partial charge in [0.15, 0.2) is 0 Å². The summed E-state index contributed by atoms with van der Waals surface area (Å²) in [6.07, 6.45) is 4.77. The van der Waals surface area contributed by atoms with Crippen molar-refractivity contribution in [1.82, 2.24) is 19.9 Å². The molecule has 0 unspecified atom stereocenters. The van der Waals surface area contributed by atoms with E-state index in [-0.39, 0.29) is 11.8 Å². The van der Waals surface area contributed by atoms with Crippen molar-refractivity contribution < 1.29 is 14.1 Å². The van der Waals surface area contributed by atoms with Gasteiger partial charge in [-0.3, -0.25) is 14.5 Å². The maximum absolute atomic E-state index is 12.9. The number of rotatable bonds is 6. The van der Waals surface area contributed by atoms with E-state index in [1.54, 1.807) is 24.3 Å². The molecule has 35 heavy (non-hydrogen) atoms. The molecule has 0 spiro atoms. The van der Waals surface area contributed by atoms with Crippen LogP contribution in [0.4, 0.5) is 5.69 Å². The lowest BCUT2D eigenvalue weighted by Crippen LogP contribution is -2.48. The summed E-state index contributed by atoms with van der Waals surface area (Å²) in [5, 5.41) is 6.91. The molecule has 1 saturated carbocycles. The zero-order valence-electron chi connectivity index (χ0n) is 20.1. The van der Waals surface area contributed by atoms with Crippen LogP contribution in [0.25, 0.3) is 11.4 Å². The maximum atomic E-state index is 12.9. The van der Waals surface area contributed by atoms with Crippen LogP contribution in [0.2, 0.25) is 0 Å². The van der Waals surface area contributed by atoms with E-state index in [0.29, 0.717) is 36.1 Å².